The van der Waals surface area contributed by atoms with Crippen molar-refractivity contribution in [3.8, 4) is 5.75 Å². The number of hydrogen-bond acceptors (Lipinski definition) is 13. The van der Waals surface area contributed by atoms with E-state index in [0.717, 1.165) is 11.8 Å². The standard InChI is InChI=1S/C45H69N11O12S/c1-6-25(4)38-44(66)51-28(15-16-34(46)57)40(62)52-31(21-35(47)58)41(63)54-32(23-69-18-8-10-37(60)50-30(42(64)55-38)20-26-11-13-27(68-5)14-12-26)45(67)56-17-7-9-33(56)43(65)53-29(19-24(2)3)39(61)49-22-36(48)59/h11-14,24-25,28-33,38H,6-10,15-23H2,1-5H3,(H2,46,57)(H2,47,58)(H2,48,59)(H,49,61)(H,50,60)(H,51,66)(H,52,62)(H,53,65)(H,54,63)(H,55,64)/t25?,28-,29?,30-,31-,32-,33-,38-/m0/s1/i22D2. The summed E-state index contributed by atoms with van der Waals surface area (Å²) in [5.74, 6) is -10.3. The van der Waals surface area contributed by atoms with Gasteiger partial charge in [-0.1, -0.05) is 46.2 Å². The number of likely N-dealkylation sites (tertiary alicyclic amines) is 1. The van der Waals surface area contributed by atoms with Gasteiger partial charge in [0.25, 0.3) is 0 Å². The highest BCUT2D eigenvalue weighted by Crippen LogP contribution is 2.22. The summed E-state index contributed by atoms with van der Waals surface area (Å²) in [7, 11) is 1.49. The lowest BCUT2D eigenvalue weighted by Crippen LogP contribution is -2.61. The van der Waals surface area contributed by atoms with Crippen molar-refractivity contribution in [1.82, 2.24) is 42.1 Å². The topological polar surface area (TPSA) is 363 Å². The van der Waals surface area contributed by atoms with Gasteiger partial charge in [-0.05, 0) is 67.4 Å². The fourth-order valence-electron chi connectivity index (χ4n) is 7.60. The molecule has 2 saturated heterocycles. The Kier molecular flexibility index (Phi) is 21.8. The van der Waals surface area contributed by atoms with E-state index in [2.05, 4.69) is 31.9 Å². The molecular formula is C45H69N11O12S. The van der Waals surface area contributed by atoms with Crippen LogP contribution in [0.25, 0.3) is 0 Å². The molecule has 0 spiro atoms. The van der Waals surface area contributed by atoms with E-state index in [9.17, 15) is 52.7 Å². The summed E-state index contributed by atoms with van der Waals surface area (Å²) in [6, 6.07) is -2.99. The molecule has 0 bridgehead atoms. The Morgan fingerprint density at radius 1 is 0.841 bits per heavy atom. The van der Waals surface area contributed by atoms with Crippen molar-refractivity contribution in [2.45, 2.75) is 134 Å². The van der Waals surface area contributed by atoms with Gasteiger partial charge in [0.2, 0.25) is 65.0 Å². The summed E-state index contributed by atoms with van der Waals surface area (Å²) in [4.78, 5) is 149. The number of carbonyl (C=O) groups excluding carboxylic acids is 11. The Hall–Kier alpha value is -6.46. The van der Waals surface area contributed by atoms with Gasteiger partial charge in [-0.15, -0.1) is 0 Å². The molecule has 2 fully saturated rings. The second kappa shape index (κ2) is 28.1. The van der Waals surface area contributed by atoms with E-state index in [1.807, 2.05) is 5.32 Å². The summed E-state index contributed by atoms with van der Waals surface area (Å²) >= 11 is 1.15. The average Bonchev–Trinajstić information content (AvgIpc) is 3.80. The van der Waals surface area contributed by atoms with E-state index >= 15 is 0 Å². The summed E-state index contributed by atoms with van der Waals surface area (Å²) in [5.41, 5.74) is 16.7. The third-order valence-electron chi connectivity index (χ3n) is 11.5. The van der Waals surface area contributed by atoms with Crippen LogP contribution in [0.4, 0.5) is 0 Å². The Balaban J connectivity index is 2.03. The van der Waals surface area contributed by atoms with Crippen LogP contribution in [0.1, 0.15) is 93.8 Å². The summed E-state index contributed by atoms with van der Waals surface area (Å²) in [5, 5.41) is 17.5. The molecule has 382 valence electrons. The zero-order chi connectivity index (χ0) is 53.2. The number of nitrogens with zero attached hydrogens (tertiary/aromatic N) is 1. The minimum Gasteiger partial charge on any atom is -0.497 e. The molecule has 0 radical (unpaired) electrons. The van der Waals surface area contributed by atoms with Gasteiger partial charge in [-0.3, -0.25) is 52.7 Å². The second-order valence-corrected chi connectivity index (χ2v) is 18.6. The van der Waals surface area contributed by atoms with Gasteiger partial charge >= 0.3 is 0 Å². The van der Waals surface area contributed by atoms with Crippen molar-refractivity contribution in [3.05, 3.63) is 29.8 Å². The van der Waals surface area contributed by atoms with Crippen LogP contribution >= 0.6 is 11.8 Å². The minimum atomic E-state index is -2.94. The van der Waals surface area contributed by atoms with Gasteiger partial charge in [0, 0.05) is 31.6 Å². The van der Waals surface area contributed by atoms with Crippen LogP contribution in [0.15, 0.2) is 24.3 Å². The first-order valence-corrected chi connectivity index (χ1v) is 24.0. The third-order valence-corrected chi connectivity index (χ3v) is 12.6. The molecular weight excluding hydrogens is 919 g/mol. The molecule has 3 rings (SSSR count). The maximum absolute atomic E-state index is 14.5. The Morgan fingerprint density at radius 2 is 1.49 bits per heavy atom. The van der Waals surface area contributed by atoms with Crippen LogP contribution in [0.3, 0.4) is 0 Å². The molecule has 24 heteroatoms. The molecule has 23 nitrogen and oxygen atoms in total. The highest BCUT2D eigenvalue weighted by Gasteiger charge is 2.40. The van der Waals surface area contributed by atoms with Gasteiger partial charge in [0.15, 0.2) is 0 Å². The molecule has 69 heavy (non-hydrogen) atoms. The molecule has 2 unspecified atom stereocenters. The predicted octanol–water partition coefficient (Wildman–Crippen LogP) is -2.50. The normalized spacial score (nSPS) is 23.8. The molecule has 1 aromatic carbocycles. The maximum Gasteiger partial charge on any atom is 0.246 e. The fourth-order valence-corrected chi connectivity index (χ4v) is 8.57. The zero-order valence-electron chi connectivity index (χ0n) is 41.7. The van der Waals surface area contributed by atoms with E-state index in [0.29, 0.717) is 24.2 Å². The SMILES string of the molecule is [2H]C([2H])(NC(=O)C(CC(C)C)NC(=O)[C@@H]1CCCN1C(=O)[C@@H]1CSCCCC(=O)N[C@@H](Cc2ccc(OC)cc2)C(=O)N[C@@H](C(C)CC)C(=O)N[C@@H](CCC(N)=O)C(=O)N[C@@H](CC(N)=O)C(=O)N1)C(N)=O. The summed E-state index contributed by atoms with van der Waals surface area (Å²) in [6.45, 7) is 4.00. The molecule has 0 aliphatic carbocycles. The number of benzene rings is 1. The number of nitrogens with two attached hydrogens (primary N) is 3. The number of hydrogen-bond donors (Lipinski definition) is 10. The lowest BCUT2D eigenvalue weighted by Gasteiger charge is -2.31. The number of carbonyl (C=O) groups is 11. The zero-order valence-corrected chi connectivity index (χ0v) is 40.5. The van der Waals surface area contributed by atoms with E-state index in [1.165, 1.54) is 12.0 Å². The van der Waals surface area contributed by atoms with Crippen molar-refractivity contribution < 1.29 is 60.2 Å². The lowest BCUT2D eigenvalue weighted by atomic mass is 9.96. The number of methoxy groups -OCH3 is 1. The molecule has 13 N–H and O–H groups in total. The van der Waals surface area contributed by atoms with Gasteiger partial charge in [-0.2, -0.15) is 11.8 Å². The quantitative estimate of drug-likeness (QED) is 0.0728. The van der Waals surface area contributed by atoms with Crippen LogP contribution in [-0.4, -0.2) is 144 Å². The first-order valence-electron chi connectivity index (χ1n) is 23.9. The fraction of sp³-hybridized carbons (Fsp3) is 0.622. The third kappa shape index (κ3) is 18.9. The van der Waals surface area contributed by atoms with Gasteiger partial charge < -0.3 is 64.1 Å². The van der Waals surface area contributed by atoms with E-state index in [1.54, 1.807) is 52.0 Å². The van der Waals surface area contributed by atoms with E-state index in [-0.39, 0.29) is 62.5 Å². The number of thioether (sulfide) groups is 1. The predicted molar refractivity (Wildman–Crippen MR) is 253 cm³/mol. The van der Waals surface area contributed by atoms with Crippen molar-refractivity contribution in [2.24, 2.45) is 29.0 Å². The summed E-state index contributed by atoms with van der Waals surface area (Å²) < 4.78 is 20.8. The highest BCUT2D eigenvalue weighted by molar-refractivity contribution is 7.99. The first kappa shape index (κ1) is 53.5. The number of primary amides is 3. The van der Waals surface area contributed by atoms with E-state index in [4.69, 9.17) is 24.7 Å². The van der Waals surface area contributed by atoms with Gasteiger partial charge in [0.1, 0.15) is 48.0 Å². The van der Waals surface area contributed by atoms with Crippen molar-refractivity contribution in [1.29, 1.82) is 0 Å². The second-order valence-electron chi connectivity index (χ2n) is 17.4. The molecule has 2 aliphatic heterocycles. The van der Waals surface area contributed by atoms with Crippen LogP contribution in [0, 0.1) is 11.8 Å². The van der Waals surface area contributed by atoms with Crippen LogP contribution in [-0.2, 0) is 59.2 Å². The minimum absolute atomic E-state index is 0.00694. The number of nitrogens with one attached hydrogen (secondary N) is 7. The lowest BCUT2D eigenvalue weighted by molar-refractivity contribution is -0.142. The Bertz CT molecular complexity index is 2120. The molecule has 0 saturated carbocycles. The molecule has 0 aromatic heterocycles. The Morgan fingerprint density at radius 3 is 2.10 bits per heavy atom. The van der Waals surface area contributed by atoms with E-state index < -0.39 is 133 Å². The van der Waals surface area contributed by atoms with Crippen molar-refractivity contribution >= 4 is 76.7 Å². The van der Waals surface area contributed by atoms with Gasteiger partial charge in [-0.25, -0.2) is 0 Å². The van der Waals surface area contributed by atoms with Crippen LogP contribution in [0.2, 0.25) is 0 Å². The summed E-state index contributed by atoms with van der Waals surface area (Å²) in [6.07, 6.45) is -0.666. The van der Waals surface area contributed by atoms with Crippen molar-refractivity contribution in [2.75, 3.05) is 31.7 Å². The maximum atomic E-state index is 14.5. The molecule has 2 heterocycles. The van der Waals surface area contributed by atoms with Crippen LogP contribution in [0.5, 0.6) is 5.75 Å². The van der Waals surface area contributed by atoms with Gasteiger partial charge in [0.05, 0.1) is 22.8 Å². The average molecular weight is 990 g/mol. The largest absolute Gasteiger partial charge is 0.497 e. The number of amides is 11. The number of ether oxygens (including phenoxy) is 1. The smallest absolute Gasteiger partial charge is 0.246 e. The first-order chi connectivity index (χ1) is 33.4. The van der Waals surface area contributed by atoms with Crippen LogP contribution < -0.4 is 59.2 Å². The number of rotatable bonds is 18. The molecule has 11 amide bonds. The molecule has 1 aromatic rings. The molecule has 8 atom stereocenters. The molecule has 2 aliphatic rings. The van der Waals surface area contributed by atoms with Crippen molar-refractivity contribution in [3.63, 3.8) is 0 Å². The highest BCUT2D eigenvalue weighted by atomic mass is 32.2. The monoisotopic (exact) mass is 989 g/mol. The Labute approximate surface area is 408 Å².